The Hall–Kier alpha value is -2.39. The first kappa shape index (κ1) is 15.0. The molecular weight excluding hydrogens is 336 g/mol. The largest absolute Gasteiger partial charge is 0.488 e. The van der Waals surface area contributed by atoms with Crippen molar-refractivity contribution in [3.63, 3.8) is 0 Å². The summed E-state index contributed by atoms with van der Waals surface area (Å²) in [5.74, 6) is 0.547. The van der Waals surface area contributed by atoms with Gasteiger partial charge >= 0.3 is 0 Å². The number of nitrogens with zero attached hydrogens (tertiary/aromatic N) is 2. The number of halogens is 1. The van der Waals surface area contributed by atoms with Crippen molar-refractivity contribution in [1.29, 1.82) is 5.26 Å². The number of ether oxygens (including phenoxy) is 1. The molecule has 0 fully saturated rings. The van der Waals surface area contributed by atoms with Crippen LogP contribution in [0.4, 0.5) is 5.69 Å². The van der Waals surface area contributed by atoms with Gasteiger partial charge in [0.15, 0.2) is 0 Å². The summed E-state index contributed by atoms with van der Waals surface area (Å²) in [7, 11) is 0. The molecule has 0 amide bonds. The molecule has 5 nitrogen and oxygen atoms in total. The Morgan fingerprint density at radius 2 is 2.10 bits per heavy atom. The normalized spacial score (nSPS) is 9.95. The zero-order chi connectivity index (χ0) is 15.4. The fourth-order valence-electron chi connectivity index (χ4n) is 1.81. The minimum absolute atomic E-state index is 0.00142. The quantitative estimate of drug-likeness (QED) is 0.616. The molecule has 0 N–H and O–H groups in total. The first-order valence-corrected chi connectivity index (χ1v) is 6.87. The number of aryl methyl sites for hydroxylation is 1. The van der Waals surface area contributed by atoms with E-state index in [0.29, 0.717) is 21.3 Å². The second kappa shape index (κ2) is 6.37. The molecule has 106 valence electrons. The Labute approximate surface area is 130 Å². The van der Waals surface area contributed by atoms with E-state index >= 15 is 0 Å². The van der Waals surface area contributed by atoms with E-state index in [9.17, 15) is 10.1 Å². The molecule has 0 saturated carbocycles. The Morgan fingerprint density at radius 1 is 1.33 bits per heavy atom. The fourth-order valence-corrected chi connectivity index (χ4v) is 2.16. The van der Waals surface area contributed by atoms with Gasteiger partial charge in [-0.1, -0.05) is 22.0 Å². The first-order valence-electron chi connectivity index (χ1n) is 6.07. The fraction of sp³-hybridized carbons (Fsp3) is 0.133. The highest BCUT2D eigenvalue weighted by Crippen LogP contribution is 2.26. The first-order chi connectivity index (χ1) is 10.0. The van der Waals surface area contributed by atoms with Crippen molar-refractivity contribution in [2.24, 2.45) is 0 Å². The maximum Gasteiger partial charge on any atom is 0.277 e. The van der Waals surface area contributed by atoms with Gasteiger partial charge in [-0.3, -0.25) is 10.1 Å². The SMILES string of the molecule is Cc1ccc(C#N)cc1OCc1ccc(Br)cc1[N+](=O)[O-]. The third kappa shape index (κ3) is 3.58. The highest BCUT2D eigenvalue weighted by atomic mass is 79.9. The van der Waals surface area contributed by atoms with E-state index in [-0.39, 0.29) is 12.3 Å². The van der Waals surface area contributed by atoms with Crippen molar-refractivity contribution >= 4 is 21.6 Å². The molecule has 0 saturated heterocycles. The van der Waals surface area contributed by atoms with Gasteiger partial charge in [0.1, 0.15) is 12.4 Å². The molecule has 0 atom stereocenters. The molecule has 2 aromatic carbocycles. The van der Waals surface area contributed by atoms with Crippen molar-refractivity contribution in [2.45, 2.75) is 13.5 Å². The van der Waals surface area contributed by atoms with Crippen molar-refractivity contribution in [1.82, 2.24) is 0 Å². The lowest BCUT2D eigenvalue weighted by molar-refractivity contribution is -0.385. The average Bonchev–Trinajstić information content (AvgIpc) is 2.47. The predicted molar refractivity (Wildman–Crippen MR) is 81.0 cm³/mol. The van der Waals surface area contributed by atoms with Crippen LogP contribution in [0.1, 0.15) is 16.7 Å². The van der Waals surface area contributed by atoms with Gasteiger partial charge in [-0.05, 0) is 36.8 Å². The predicted octanol–water partition coefficient (Wildman–Crippen LogP) is 4.12. The van der Waals surface area contributed by atoms with Crippen molar-refractivity contribution in [2.75, 3.05) is 0 Å². The monoisotopic (exact) mass is 346 g/mol. The van der Waals surface area contributed by atoms with Gasteiger partial charge in [-0.25, -0.2) is 0 Å². The Balaban J connectivity index is 2.25. The van der Waals surface area contributed by atoms with Gasteiger partial charge in [0.2, 0.25) is 0 Å². The number of benzene rings is 2. The molecular formula is C15H11BrN2O3. The second-order valence-electron chi connectivity index (χ2n) is 4.41. The Bertz CT molecular complexity index is 738. The number of nitriles is 1. The topological polar surface area (TPSA) is 76.2 Å². The maximum atomic E-state index is 11.0. The van der Waals surface area contributed by atoms with Gasteiger partial charge in [0.05, 0.1) is 22.1 Å². The summed E-state index contributed by atoms with van der Waals surface area (Å²) in [6.07, 6.45) is 0. The van der Waals surface area contributed by atoms with E-state index in [0.717, 1.165) is 5.56 Å². The van der Waals surface area contributed by atoms with Crippen LogP contribution in [0.5, 0.6) is 5.75 Å². The molecule has 21 heavy (non-hydrogen) atoms. The van der Waals surface area contributed by atoms with E-state index < -0.39 is 4.92 Å². The van der Waals surface area contributed by atoms with Crippen molar-refractivity contribution in [3.8, 4) is 11.8 Å². The third-order valence-corrected chi connectivity index (χ3v) is 3.44. The number of nitro benzene ring substituents is 1. The Kier molecular flexibility index (Phi) is 4.55. The van der Waals surface area contributed by atoms with Crippen molar-refractivity contribution in [3.05, 3.63) is 67.7 Å². The number of hydrogen-bond acceptors (Lipinski definition) is 4. The Morgan fingerprint density at radius 3 is 2.76 bits per heavy atom. The van der Waals surface area contributed by atoms with E-state index in [1.54, 1.807) is 30.3 Å². The lowest BCUT2D eigenvalue weighted by atomic mass is 10.1. The van der Waals surface area contributed by atoms with Crippen LogP contribution in [-0.4, -0.2) is 4.92 Å². The van der Waals surface area contributed by atoms with Crippen LogP contribution in [0.2, 0.25) is 0 Å². The summed E-state index contributed by atoms with van der Waals surface area (Å²) in [5, 5.41) is 19.9. The summed E-state index contributed by atoms with van der Waals surface area (Å²) in [6, 6.07) is 12.0. The minimum Gasteiger partial charge on any atom is -0.488 e. The van der Waals surface area contributed by atoms with Crippen LogP contribution in [0.25, 0.3) is 0 Å². The van der Waals surface area contributed by atoms with Gasteiger partial charge in [-0.15, -0.1) is 0 Å². The summed E-state index contributed by atoms with van der Waals surface area (Å²) in [5.41, 5.74) is 1.83. The van der Waals surface area contributed by atoms with Crippen LogP contribution >= 0.6 is 15.9 Å². The van der Waals surface area contributed by atoms with Crippen LogP contribution < -0.4 is 4.74 Å². The number of nitro groups is 1. The molecule has 0 bridgehead atoms. The van der Waals surface area contributed by atoms with E-state index in [2.05, 4.69) is 15.9 Å². The standard InChI is InChI=1S/C15H11BrN2O3/c1-10-2-3-11(8-17)6-15(10)21-9-12-4-5-13(16)7-14(12)18(19)20/h2-7H,9H2,1H3. The van der Waals surface area contributed by atoms with E-state index in [4.69, 9.17) is 10.00 Å². The molecule has 0 radical (unpaired) electrons. The lowest BCUT2D eigenvalue weighted by Gasteiger charge is -2.10. The van der Waals surface area contributed by atoms with Crippen molar-refractivity contribution < 1.29 is 9.66 Å². The molecule has 0 spiro atoms. The molecule has 2 rings (SSSR count). The second-order valence-corrected chi connectivity index (χ2v) is 5.33. The summed E-state index contributed by atoms with van der Waals surface area (Å²) < 4.78 is 6.26. The lowest BCUT2D eigenvalue weighted by Crippen LogP contribution is -2.01. The molecule has 0 unspecified atom stereocenters. The summed E-state index contributed by atoms with van der Waals surface area (Å²) in [4.78, 5) is 10.6. The summed E-state index contributed by atoms with van der Waals surface area (Å²) in [6.45, 7) is 1.92. The van der Waals surface area contributed by atoms with Crippen LogP contribution in [-0.2, 0) is 6.61 Å². The highest BCUT2D eigenvalue weighted by Gasteiger charge is 2.15. The molecule has 0 aliphatic rings. The van der Waals surface area contributed by atoms with Gasteiger partial charge in [-0.2, -0.15) is 5.26 Å². The van der Waals surface area contributed by atoms with Gasteiger partial charge in [0.25, 0.3) is 5.69 Å². The number of hydrogen-bond donors (Lipinski definition) is 0. The molecule has 0 heterocycles. The molecule has 2 aromatic rings. The third-order valence-electron chi connectivity index (χ3n) is 2.94. The summed E-state index contributed by atoms with van der Waals surface area (Å²) >= 11 is 3.21. The highest BCUT2D eigenvalue weighted by molar-refractivity contribution is 9.10. The maximum absolute atomic E-state index is 11.0. The molecule has 0 aliphatic carbocycles. The van der Waals surface area contributed by atoms with Crippen LogP contribution in [0.15, 0.2) is 40.9 Å². The van der Waals surface area contributed by atoms with Gasteiger partial charge < -0.3 is 4.74 Å². The molecule has 0 aromatic heterocycles. The minimum atomic E-state index is -0.442. The average molecular weight is 347 g/mol. The van der Waals surface area contributed by atoms with E-state index in [1.807, 2.05) is 13.0 Å². The van der Waals surface area contributed by atoms with Crippen LogP contribution in [0.3, 0.4) is 0 Å². The van der Waals surface area contributed by atoms with Crippen LogP contribution in [0, 0.1) is 28.4 Å². The van der Waals surface area contributed by atoms with Gasteiger partial charge in [0, 0.05) is 10.5 Å². The zero-order valence-electron chi connectivity index (χ0n) is 11.2. The smallest absolute Gasteiger partial charge is 0.277 e. The zero-order valence-corrected chi connectivity index (χ0v) is 12.8. The molecule has 0 aliphatic heterocycles. The number of rotatable bonds is 4. The van der Waals surface area contributed by atoms with E-state index in [1.165, 1.54) is 6.07 Å². The molecule has 6 heteroatoms.